The molecule has 0 saturated carbocycles. The number of aliphatic hydroxyl groups is 1. The maximum Gasteiger partial charge on any atom is 0.151 e. The van der Waals surface area contributed by atoms with Gasteiger partial charge in [-0.3, -0.25) is 0 Å². The highest BCUT2D eigenvalue weighted by Gasteiger charge is 2.41. The number of hydrogen-bond acceptors (Lipinski definition) is 7. The van der Waals surface area contributed by atoms with Crippen molar-refractivity contribution >= 4 is 27.0 Å². The number of nitrogens with zero attached hydrogens (tertiary/aromatic N) is 2. The van der Waals surface area contributed by atoms with Gasteiger partial charge in [-0.2, -0.15) is 0 Å². The second-order valence-electron chi connectivity index (χ2n) is 8.01. The molecule has 0 amide bonds. The van der Waals surface area contributed by atoms with E-state index in [-0.39, 0.29) is 6.61 Å². The lowest BCUT2D eigenvalue weighted by Gasteiger charge is -2.44. The van der Waals surface area contributed by atoms with Gasteiger partial charge in [0.25, 0.3) is 0 Å². The molecule has 172 valence electrons. The monoisotopic (exact) mass is 466 g/mol. The number of fused-ring (bicyclic) bond motifs is 2. The Morgan fingerprint density at radius 1 is 1.03 bits per heavy atom. The summed E-state index contributed by atoms with van der Waals surface area (Å²) in [4.78, 5) is 2.50. The highest BCUT2D eigenvalue weighted by Crippen LogP contribution is 2.48. The first-order chi connectivity index (χ1) is 16.0. The highest BCUT2D eigenvalue weighted by molar-refractivity contribution is 7.91. The predicted molar refractivity (Wildman–Crippen MR) is 128 cm³/mol. The minimum Gasteiger partial charge on any atom is -0.453 e. The number of hydrogen-bond donors (Lipinski definition) is 3. The standard InChI is InChI=1S/C24H26N4O4S/c1-26-33(30,17-8-6-7-16(25)13-17)27-18-14-31-15-21(24(18)29)28-19-9-2-4-11-22(19)32-23-12-5-3-10-20(23)28/h2-13,18,21,24,29H,14-15,25H2,1H3,(H,26,27,30). The van der Waals surface area contributed by atoms with Crippen molar-refractivity contribution < 1.29 is 18.8 Å². The van der Waals surface area contributed by atoms with Gasteiger partial charge >= 0.3 is 0 Å². The molecule has 0 radical (unpaired) electrons. The largest absolute Gasteiger partial charge is 0.453 e. The molecule has 2 aliphatic heterocycles. The van der Waals surface area contributed by atoms with Crippen LogP contribution in [0.3, 0.4) is 0 Å². The fraction of sp³-hybridized carbons (Fsp3) is 0.250. The number of nitrogen functional groups attached to an aromatic ring is 1. The first-order valence-corrected chi connectivity index (χ1v) is 12.2. The van der Waals surface area contributed by atoms with E-state index in [1.54, 1.807) is 24.3 Å². The normalized spacial score (nSPS) is 23.6. The topological polar surface area (TPSA) is 109 Å². The van der Waals surface area contributed by atoms with Gasteiger partial charge in [-0.25, -0.2) is 13.3 Å². The molecular weight excluding hydrogens is 440 g/mol. The molecule has 4 unspecified atom stereocenters. The Hall–Kier alpha value is -3.11. The summed E-state index contributed by atoms with van der Waals surface area (Å²) >= 11 is 0. The third-order valence-corrected chi connectivity index (χ3v) is 7.97. The summed E-state index contributed by atoms with van der Waals surface area (Å²) in [5.41, 5.74) is 8.05. The molecule has 0 aromatic heterocycles. The van der Waals surface area contributed by atoms with Crippen LogP contribution < -0.4 is 20.1 Å². The molecule has 3 aromatic rings. The first kappa shape index (κ1) is 21.7. The molecule has 2 heterocycles. The van der Waals surface area contributed by atoms with E-state index in [0.717, 1.165) is 11.4 Å². The van der Waals surface area contributed by atoms with Crippen LogP contribution in [0.5, 0.6) is 11.5 Å². The van der Waals surface area contributed by atoms with Gasteiger partial charge in [-0.05, 0) is 42.5 Å². The van der Waals surface area contributed by atoms with E-state index in [9.17, 15) is 9.32 Å². The van der Waals surface area contributed by atoms with Crippen LogP contribution in [-0.2, 0) is 14.7 Å². The SMILES string of the molecule is CN=S(=O)(NC1COCC(N2c3ccccc3Oc3ccccc32)C1O)c1cccc(N)c1. The van der Waals surface area contributed by atoms with Crippen molar-refractivity contribution in [2.75, 3.05) is 30.9 Å². The van der Waals surface area contributed by atoms with Gasteiger partial charge in [0, 0.05) is 12.7 Å². The molecule has 1 saturated heterocycles. The zero-order chi connectivity index (χ0) is 23.0. The summed E-state index contributed by atoms with van der Waals surface area (Å²) in [7, 11) is -1.54. The molecule has 4 atom stereocenters. The molecule has 33 heavy (non-hydrogen) atoms. The Labute approximate surface area is 193 Å². The zero-order valence-corrected chi connectivity index (χ0v) is 18.9. The maximum absolute atomic E-state index is 13.7. The van der Waals surface area contributed by atoms with Gasteiger partial charge < -0.3 is 25.2 Å². The molecule has 0 bridgehead atoms. The molecule has 4 N–H and O–H groups in total. The number of rotatable bonds is 4. The molecular formula is C24H26N4O4S. The number of aliphatic hydroxyl groups excluding tert-OH is 1. The van der Waals surface area contributed by atoms with Crippen LogP contribution in [0, 0.1) is 0 Å². The van der Waals surface area contributed by atoms with E-state index < -0.39 is 28.1 Å². The van der Waals surface area contributed by atoms with E-state index in [2.05, 4.69) is 9.08 Å². The molecule has 8 nitrogen and oxygen atoms in total. The molecule has 0 spiro atoms. The molecule has 2 aliphatic rings. The van der Waals surface area contributed by atoms with Gasteiger partial charge in [0.15, 0.2) is 11.5 Å². The second-order valence-corrected chi connectivity index (χ2v) is 10.1. The summed E-state index contributed by atoms with van der Waals surface area (Å²) in [6.45, 7) is 0.491. The molecule has 9 heteroatoms. The summed E-state index contributed by atoms with van der Waals surface area (Å²) in [5.74, 6) is 1.40. The highest BCUT2D eigenvalue weighted by atomic mass is 32.2. The quantitative estimate of drug-likeness (QED) is 0.509. The Balaban J connectivity index is 1.49. The lowest BCUT2D eigenvalue weighted by molar-refractivity contribution is -0.0242. The third-order valence-electron chi connectivity index (χ3n) is 5.94. The number of anilines is 3. The average molecular weight is 467 g/mol. The van der Waals surface area contributed by atoms with Crippen molar-refractivity contribution in [3.8, 4) is 11.5 Å². The first-order valence-electron chi connectivity index (χ1n) is 10.7. The van der Waals surface area contributed by atoms with Crippen molar-refractivity contribution in [2.24, 2.45) is 4.36 Å². The van der Waals surface area contributed by atoms with Crippen LogP contribution in [0.4, 0.5) is 17.1 Å². The van der Waals surface area contributed by atoms with E-state index >= 15 is 0 Å². The van der Waals surface area contributed by atoms with Gasteiger partial charge in [0.2, 0.25) is 0 Å². The van der Waals surface area contributed by atoms with Crippen molar-refractivity contribution in [3.05, 3.63) is 72.8 Å². The predicted octanol–water partition coefficient (Wildman–Crippen LogP) is 3.30. The van der Waals surface area contributed by atoms with Crippen LogP contribution >= 0.6 is 0 Å². The van der Waals surface area contributed by atoms with Crippen molar-refractivity contribution in [3.63, 3.8) is 0 Å². The van der Waals surface area contributed by atoms with Crippen LogP contribution in [-0.4, -0.2) is 47.8 Å². The van der Waals surface area contributed by atoms with Gasteiger partial charge in [-0.15, -0.1) is 0 Å². The van der Waals surface area contributed by atoms with Crippen molar-refractivity contribution in [1.82, 2.24) is 4.72 Å². The number of nitrogens with two attached hydrogens (primary N) is 1. The number of benzene rings is 3. The summed E-state index contributed by atoms with van der Waals surface area (Å²) in [6.07, 6.45) is -0.901. The Kier molecular flexibility index (Phi) is 5.71. The number of ether oxygens (including phenoxy) is 2. The Morgan fingerprint density at radius 2 is 1.70 bits per heavy atom. The smallest absolute Gasteiger partial charge is 0.151 e. The van der Waals surface area contributed by atoms with Crippen LogP contribution in [0.2, 0.25) is 0 Å². The number of nitrogens with one attached hydrogen (secondary N) is 1. The minimum absolute atomic E-state index is 0.195. The van der Waals surface area contributed by atoms with Crippen molar-refractivity contribution in [2.45, 2.75) is 23.1 Å². The Bertz CT molecular complexity index is 1250. The fourth-order valence-electron chi connectivity index (χ4n) is 4.32. The van der Waals surface area contributed by atoms with E-state index in [4.69, 9.17) is 15.2 Å². The zero-order valence-electron chi connectivity index (χ0n) is 18.1. The van der Waals surface area contributed by atoms with E-state index in [1.807, 2.05) is 53.4 Å². The fourth-order valence-corrected chi connectivity index (χ4v) is 5.95. The molecule has 0 aliphatic carbocycles. The van der Waals surface area contributed by atoms with Crippen LogP contribution in [0.1, 0.15) is 0 Å². The van der Waals surface area contributed by atoms with E-state index in [0.29, 0.717) is 28.7 Å². The number of para-hydroxylation sites is 4. The second kappa shape index (κ2) is 8.68. The summed E-state index contributed by atoms with van der Waals surface area (Å²) in [6, 6.07) is 21.1. The third kappa shape index (κ3) is 3.93. The maximum atomic E-state index is 13.7. The molecule has 5 rings (SSSR count). The lowest BCUT2D eigenvalue weighted by atomic mass is 9.98. The van der Waals surface area contributed by atoms with Gasteiger partial charge in [0.05, 0.1) is 47.7 Å². The van der Waals surface area contributed by atoms with E-state index in [1.165, 1.54) is 7.05 Å². The van der Waals surface area contributed by atoms with Crippen LogP contribution in [0.15, 0.2) is 82.1 Å². The summed E-state index contributed by atoms with van der Waals surface area (Å²) < 4.78 is 32.8. The van der Waals surface area contributed by atoms with Crippen LogP contribution in [0.25, 0.3) is 0 Å². The summed E-state index contributed by atoms with van der Waals surface area (Å²) in [5, 5.41) is 11.5. The molecule has 3 aromatic carbocycles. The average Bonchev–Trinajstić information content (AvgIpc) is 2.84. The van der Waals surface area contributed by atoms with Crippen molar-refractivity contribution in [1.29, 1.82) is 0 Å². The Morgan fingerprint density at radius 3 is 2.33 bits per heavy atom. The van der Waals surface area contributed by atoms with Gasteiger partial charge in [0.1, 0.15) is 9.92 Å². The molecule has 1 fully saturated rings. The van der Waals surface area contributed by atoms with Gasteiger partial charge in [-0.1, -0.05) is 30.3 Å². The minimum atomic E-state index is -3.02. The lowest BCUT2D eigenvalue weighted by Crippen LogP contribution is -2.60.